The number of likely N-dealkylation sites (N-methyl/N-ethyl adjacent to an activating group) is 1. The molecule has 1 atom stereocenters. The number of nitrogens with zero attached hydrogens (tertiary/aromatic N) is 6. The summed E-state index contributed by atoms with van der Waals surface area (Å²) in [5.41, 5.74) is 6.11. The molecule has 0 spiro atoms. The maximum Gasteiger partial charge on any atom is 0.247 e. The van der Waals surface area contributed by atoms with E-state index in [0.717, 1.165) is 66.5 Å². The number of aliphatic hydroxyl groups is 1. The molecule has 306 valence electrons. The van der Waals surface area contributed by atoms with E-state index in [4.69, 9.17) is 4.74 Å². The summed E-state index contributed by atoms with van der Waals surface area (Å²) < 4.78 is 5.61. The normalized spacial score (nSPS) is 15.3. The molecule has 2 heterocycles. The second kappa shape index (κ2) is 20.7. The van der Waals surface area contributed by atoms with Crippen LogP contribution in [0.3, 0.4) is 0 Å². The fourth-order valence-corrected chi connectivity index (χ4v) is 7.63. The lowest BCUT2D eigenvalue weighted by Gasteiger charge is -2.39. The van der Waals surface area contributed by atoms with Crippen LogP contribution < -0.4 is 14.5 Å². The zero-order chi connectivity index (χ0) is 40.9. The van der Waals surface area contributed by atoms with Gasteiger partial charge in [-0.2, -0.15) is 0 Å². The van der Waals surface area contributed by atoms with Crippen LogP contribution in [-0.2, 0) is 33.9 Å². The highest BCUT2D eigenvalue weighted by Gasteiger charge is 2.34. The largest absolute Gasteiger partial charge is 0.494 e. The van der Waals surface area contributed by atoms with E-state index in [-0.39, 0.29) is 30.9 Å². The van der Waals surface area contributed by atoms with E-state index in [9.17, 15) is 19.5 Å². The van der Waals surface area contributed by atoms with Crippen LogP contribution in [0.15, 0.2) is 109 Å². The van der Waals surface area contributed by atoms with Crippen LogP contribution in [0.2, 0.25) is 0 Å². The first-order valence-electron chi connectivity index (χ1n) is 20.5. The SMILES string of the molecule is CCOc1ccc(/C=C/C(=O)N(Cc2ccc(N3CCN(C(C)=O)CC3)cc2)[C@@H](Cc2ccccc2)C(=O)N2CCN(Cc3ccc(N(C)CCO)cc3)CC2)cc1. The Morgan fingerprint density at radius 1 is 0.759 bits per heavy atom. The van der Waals surface area contributed by atoms with Crippen LogP contribution >= 0.6 is 0 Å². The molecule has 6 rings (SSSR count). The van der Waals surface area contributed by atoms with Gasteiger partial charge in [-0.15, -0.1) is 0 Å². The number of aliphatic hydroxyl groups excluding tert-OH is 1. The summed E-state index contributed by atoms with van der Waals surface area (Å²) in [4.78, 5) is 53.3. The number of piperazine rings is 2. The molecule has 2 aliphatic heterocycles. The van der Waals surface area contributed by atoms with Gasteiger partial charge in [-0.1, -0.05) is 66.7 Å². The maximum atomic E-state index is 14.8. The van der Waals surface area contributed by atoms with Crippen LogP contribution in [0.1, 0.15) is 36.1 Å². The Bertz CT molecular complexity index is 1940. The number of amides is 3. The number of carbonyl (C=O) groups is 3. The minimum atomic E-state index is -0.728. The van der Waals surface area contributed by atoms with Crippen molar-refractivity contribution >= 4 is 35.2 Å². The second-order valence-electron chi connectivity index (χ2n) is 15.1. The Balaban J connectivity index is 1.21. The van der Waals surface area contributed by atoms with E-state index in [0.29, 0.717) is 45.8 Å². The second-order valence-corrected chi connectivity index (χ2v) is 15.1. The Labute approximate surface area is 343 Å². The quantitative estimate of drug-likeness (QED) is 0.155. The molecule has 0 saturated carbocycles. The third-order valence-electron chi connectivity index (χ3n) is 11.1. The van der Waals surface area contributed by atoms with Gasteiger partial charge in [0.2, 0.25) is 17.7 Å². The van der Waals surface area contributed by atoms with Crippen molar-refractivity contribution in [1.29, 1.82) is 0 Å². The molecule has 0 bridgehead atoms. The fraction of sp³-hybridized carbons (Fsp3) is 0.383. The molecule has 11 nitrogen and oxygen atoms in total. The Hall–Kier alpha value is -5.65. The average molecular weight is 787 g/mol. The van der Waals surface area contributed by atoms with Crippen LogP contribution in [0.25, 0.3) is 6.08 Å². The molecular formula is C47H58N6O5. The fourth-order valence-electron chi connectivity index (χ4n) is 7.63. The van der Waals surface area contributed by atoms with Gasteiger partial charge in [-0.25, -0.2) is 0 Å². The van der Waals surface area contributed by atoms with Gasteiger partial charge < -0.3 is 34.3 Å². The van der Waals surface area contributed by atoms with Gasteiger partial charge in [-0.05, 0) is 71.7 Å². The number of hydrogen-bond donors (Lipinski definition) is 1. The van der Waals surface area contributed by atoms with Crippen LogP contribution in [0.5, 0.6) is 5.75 Å². The van der Waals surface area contributed by atoms with Crippen molar-refractivity contribution in [2.75, 3.05) is 89.0 Å². The summed E-state index contributed by atoms with van der Waals surface area (Å²) in [6.07, 6.45) is 3.77. The molecule has 0 unspecified atom stereocenters. The van der Waals surface area contributed by atoms with Crippen molar-refractivity contribution < 1.29 is 24.2 Å². The third kappa shape index (κ3) is 11.5. The molecule has 58 heavy (non-hydrogen) atoms. The first-order chi connectivity index (χ1) is 28.2. The van der Waals surface area contributed by atoms with Crippen LogP contribution in [0.4, 0.5) is 11.4 Å². The Morgan fingerprint density at radius 2 is 1.40 bits per heavy atom. The van der Waals surface area contributed by atoms with Crippen molar-refractivity contribution in [3.05, 3.63) is 131 Å². The smallest absolute Gasteiger partial charge is 0.247 e. The summed E-state index contributed by atoms with van der Waals surface area (Å²) in [6.45, 7) is 11.3. The molecule has 2 saturated heterocycles. The highest BCUT2D eigenvalue weighted by Crippen LogP contribution is 2.23. The molecule has 2 fully saturated rings. The number of benzene rings is 4. The lowest BCUT2D eigenvalue weighted by molar-refractivity contribution is -0.145. The van der Waals surface area contributed by atoms with Gasteiger partial charge in [-0.3, -0.25) is 19.3 Å². The molecule has 11 heteroatoms. The van der Waals surface area contributed by atoms with Gasteiger partial charge in [0.05, 0.1) is 13.2 Å². The molecule has 4 aromatic carbocycles. The number of hydrogen-bond acceptors (Lipinski definition) is 8. The highest BCUT2D eigenvalue weighted by atomic mass is 16.5. The van der Waals surface area contributed by atoms with Crippen molar-refractivity contribution in [3.8, 4) is 5.75 Å². The van der Waals surface area contributed by atoms with Gasteiger partial charge in [0, 0.05) is 110 Å². The van der Waals surface area contributed by atoms with Gasteiger partial charge in [0.1, 0.15) is 11.8 Å². The Kier molecular flexibility index (Phi) is 15.0. The number of anilines is 2. The molecule has 3 amide bonds. The van der Waals surface area contributed by atoms with E-state index < -0.39 is 6.04 Å². The minimum Gasteiger partial charge on any atom is -0.494 e. The van der Waals surface area contributed by atoms with Gasteiger partial charge in [0.15, 0.2) is 0 Å². The molecule has 2 aliphatic rings. The maximum absolute atomic E-state index is 14.8. The summed E-state index contributed by atoms with van der Waals surface area (Å²) in [5.74, 6) is 0.579. The average Bonchev–Trinajstić information content (AvgIpc) is 3.25. The van der Waals surface area contributed by atoms with E-state index in [1.807, 2.05) is 95.4 Å². The number of carbonyl (C=O) groups excluding carboxylic acids is 3. The monoisotopic (exact) mass is 786 g/mol. The standard InChI is InChI=1S/C47H58N6O5/c1-4-58-44-21-14-38(15-22-44)16-23-46(56)53(36-41-12-19-43(20-13-41)51-30-28-50(29-31-51)37(2)55)45(34-39-8-6-5-7-9-39)47(57)52-26-24-49(25-27-52)35-40-10-17-42(18-11-40)48(3)32-33-54/h5-23,45,54H,4,24-36H2,1-3H3/b23-16+/t45-/m0/s1. The lowest BCUT2D eigenvalue weighted by atomic mass is 10.0. The lowest BCUT2D eigenvalue weighted by Crippen LogP contribution is -2.56. The van der Waals surface area contributed by atoms with Crippen molar-refractivity contribution in [2.45, 2.75) is 39.4 Å². The molecule has 4 aromatic rings. The van der Waals surface area contributed by atoms with Crippen molar-refractivity contribution in [2.24, 2.45) is 0 Å². The van der Waals surface area contributed by atoms with Gasteiger partial charge in [0.25, 0.3) is 0 Å². The van der Waals surface area contributed by atoms with E-state index in [1.54, 1.807) is 24.0 Å². The number of ether oxygens (including phenoxy) is 1. The summed E-state index contributed by atoms with van der Waals surface area (Å²) in [7, 11) is 1.97. The number of rotatable bonds is 16. The van der Waals surface area contributed by atoms with Crippen molar-refractivity contribution in [1.82, 2.24) is 19.6 Å². The first-order valence-corrected chi connectivity index (χ1v) is 20.5. The molecule has 0 aliphatic carbocycles. The molecule has 0 radical (unpaired) electrons. The zero-order valence-corrected chi connectivity index (χ0v) is 34.2. The van der Waals surface area contributed by atoms with Gasteiger partial charge >= 0.3 is 0 Å². The van der Waals surface area contributed by atoms with E-state index >= 15 is 0 Å². The van der Waals surface area contributed by atoms with E-state index in [2.05, 4.69) is 46.2 Å². The molecule has 0 aromatic heterocycles. The minimum absolute atomic E-state index is 0.0532. The molecule has 1 N–H and O–H groups in total. The van der Waals surface area contributed by atoms with Crippen molar-refractivity contribution in [3.63, 3.8) is 0 Å². The predicted molar refractivity (Wildman–Crippen MR) is 231 cm³/mol. The topological polar surface area (TPSA) is 100 Å². The zero-order valence-electron chi connectivity index (χ0n) is 34.2. The summed E-state index contributed by atoms with van der Waals surface area (Å²) in [5, 5.41) is 9.31. The third-order valence-corrected chi connectivity index (χ3v) is 11.1. The van der Waals surface area contributed by atoms with Crippen LogP contribution in [-0.4, -0.2) is 128 Å². The van der Waals surface area contributed by atoms with E-state index in [1.165, 1.54) is 5.56 Å². The first kappa shape index (κ1) is 42.0. The molecular weight excluding hydrogens is 729 g/mol. The summed E-state index contributed by atoms with van der Waals surface area (Å²) in [6, 6.07) is 33.5. The Morgan fingerprint density at radius 3 is 2.02 bits per heavy atom. The highest BCUT2D eigenvalue weighted by molar-refractivity contribution is 5.96. The predicted octanol–water partition coefficient (Wildman–Crippen LogP) is 5.18. The summed E-state index contributed by atoms with van der Waals surface area (Å²) >= 11 is 0. The van der Waals surface area contributed by atoms with Crippen LogP contribution in [0, 0.1) is 0 Å².